The number of primary amides is 1. The first-order valence-electron chi connectivity index (χ1n) is 6.89. The molecule has 0 aliphatic rings. The van der Waals surface area contributed by atoms with Crippen LogP contribution in [-0.4, -0.2) is 10.9 Å². The highest BCUT2D eigenvalue weighted by Crippen LogP contribution is 2.32. The second-order valence-electron chi connectivity index (χ2n) is 5.02. The summed E-state index contributed by atoms with van der Waals surface area (Å²) in [4.78, 5) is 16.8. The van der Waals surface area contributed by atoms with E-state index in [1.165, 1.54) is 23.5 Å². The molecule has 0 aliphatic carbocycles. The Morgan fingerprint density at radius 1 is 1.12 bits per heavy atom. The second-order valence-corrected chi connectivity index (χ2v) is 6.02. The Morgan fingerprint density at radius 2 is 1.83 bits per heavy atom. The number of halogens is 3. The molecule has 7 heteroatoms. The third-order valence-electron chi connectivity index (χ3n) is 3.41. The van der Waals surface area contributed by atoms with Gasteiger partial charge in [-0.25, -0.2) is 4.98 Å². The van der Waals surface area contributed by atoms with Crippen LogP contribution in [0.5, 0.6) is 0 Å². The predicted octanol–water partition coefficient (Wildman–Crippen LogP) is 4.58. The summed E-state index contributed by atoms with van der Waals surface area (Å²) in [6.07, 6.45) is 0.563. The van der Waals surface area contributed by atoms with Crippen LogP contribution in [0.2, 0.25) is 0 Å². The van der Waals surface area contributed by atoms with Crippen LogP contribution in [-0.2, 0) is 6.18 Å². The van der Waals surface area contributed by atoms with Crippen LogP contribution in [0, 0.1) is 0 Å². The van der Waals surface area contributed by atoms with Crippen LogP contribution in [0.25, 0.3) is 22.4 Å². The molecule has 24 heavy (non-hydrogen) atoms. The molecular formula is C17H11F3N2OS. The zero-order chi connectivity index (χ0) is 17.3. The van der Waals surface area contributed by atoms with Gasteiger partial charge >= 0.3 is 6.18 Å². The van der Waals surface area contributed by atoms with Crippen molar-refractivity contribution in [3.8, 4) is 0 Å². The number of fused-ring (bicyclic) bond motifs is 1. The van der Waals surface area contributed by atoms with E-state index < -0.39 is 17.6 Å². The molecule has 0 atom stereocenters. The van der Waals surface area contributed by atoms with Crippen LogP contribution in [0.1, 0.15) is 26.4 Å². The summed E-state index contributed by atoms with van der Waals surface area (Å²) in [6, 6.07) is 8.34. The molecule has 2 heterocycles. The number of hydrogen-bond donors (Lipinski definition) is 1. The fraction of sp³-hybridized carbons (Fsp3) is 0.0588. The van der Waals surface area contributed by atoms with E-state index in [1.54, 1.807) is 24.4 Å². The number of amides is 1. The number of carbonyl (C=O) groups excluding carboxylic acids is 1. The minimum Gasteiger partial charge on any atom is -0.365 e. The number of aromatic nitrogens is 1. The van der Waals surface area contributed by atoms with Gasteiger partial charge < -0.3 is 5.73 Å². The quantitative estimate of drug-likeness (QED) is 0.753. The second kappa shape index (κ2) is 6.09. The van der Waals surface area contributed by atoms with E-state index in [-0.39, 0.29) is 0 Å². The van der Waals surface area contributed by atoms with Crippen molar-refractivity contribution < 1.29 is 18.0 Å². The SMILES string of the molecule is NC(=O)c1sc2ncccc2c1/C=C/c1ccc(C(F)(F)F)cc1. The molecule has 0 radical (unpaired) electrons. The normalized spacial score (nSPS) is 12.1. The molecule has 3 nitrogen and oxygen atoms in total. The van der Waals surface area contributed by atoms with E-state index in [0.717, 1.165) is 17.5 Å². The molecule has 1 aromatic carbocycles. The fourth-order valence-electron chi connectivity index (χ4n) is 2.26. The number of benzene rings is 1. The van der Waals surface area contributed by atoms with Gasteiger partial charge in [-0.05, 0) is 29.8 Å². The van der Waals surface area contributed by atoms with Crippen molar-refractivity contribution >= 4 is 39.6 Å². The summed E-state index contributed by atoms with van der Waals surface area (Å²) in [5.74, 6) is -0.565. The highest BCUT2D eigenvalue weighted by Gasteiger charge is 2.29. The van der Waals surface area contributed by atoms with Crippen molar-refractivity contribution in [2.45, 2.75) is 6.18 Å². The van der Waals surface area contributed by atoms with E-state index in [1.807, 2.05) is 6.07 Å². The van der Waals surface area contributed by atoms with Crippen LogP contribution in [0.3, 0.4) is 0 Å². The number of alkyl halides is 3. The zero-order valence-corrected chi connectivity index (χ0v) is 13.0. The Bertz CT molecular complexity index is 927. The van der Waals surface area contributed by atoms with Crippen molar-refractivity contribution in [1.82, 2.24) is 4.98 Å². The van der Waals surface area contributed by atoms with Crippen molar-refractivity contribution in [3.05, 3.63) is 64.2 Å². The number of carbonyl (C=O) groups is 1. The van der Waals surface area contributed by atoms with Gasteiger partial charge in [0.25, 0.3) is 5.91 Å². The Labute approximate surface area is 139 Å². The predicted molar refractivity (Wildman–Crippen MR) is 88.5 cm³/mol. The maximum Gasteiger partial charge on any atom is 0.416 e. The van der Waals surface area contributed by atoms with Gasteiger partial charge in [0.15, 0.2) is 0 Å². The Morgan fingerprint density at radius 3 is 2.46 bits per heavy atom. The molecule has 0 aliphatic heterocycles. The third kappa shape index (κ3) is 3.16. The van der Waals surface area contributed by atoms with E-state index >= 15 is 0 Å². The summed E-state index contributed by atoms with van der Waals surface area (Å²) in [7, 11) is 0. The number of nitrogens with zero attached hydrogens (tertiary/aromatic N) is 1. The standard InChI is InChI=1S/C17H11F3N2OS/c18-17(19,20)11-6-3-10(4-7-11)5-8-12-13-2-1-9-22-16(13)24-14(12)15(21)23/h1-9H,(H2,21,23)/b8-5+. The van der Waals surface area contributed by atoms with Crippen molar-refractivity contribution in [2.75, 3.05) is 0 Å². The Kier molecular flexibility index (Phi) is 4.11. The molecule has 0 bridgehead atoms. The monoisotopic (exact) mass is 348 g/mol. The number of rotatable bonds is 3. The lowest BCUT2D eigenvalue weighted by Gasteiger charge is -2.05. The number of hydrogen-bond acceptors (Lipinski definition) is 3. The molecule has 3 rings (SSSR count). The first kappa shape index (κ1) is 16.2. The molecule has 122 valence electrons. The maximum atomic E-state index is 12.6. The maximum absolute atomic E-state index is 12.6. The lowest BCUT2D eigenvalue weighted by molar-refractivity contribution is -0.137. The Balaban J connectivity index is 1.98. The average molecular weight is 348 g/mol. The molecule has 0 spiro atoms. The lowest BCUT2D eigenvalue weighted by atomic mass is 10.1. The van der Waals surface area contributed by atoms with Crippen LogP contribution in [0.4, 0.5) is 13.2 Å². The molecular weight excluding hydrogens is 337 g/mol. The molecule has 0 saturated heterocycles. The van der Waals surface area contributed by atoms with Crippen molar-refractivity contribution in [3.63, 3.8) is 0 Å². The summed E-state index contributed by atoms with van der Waals surface area (Å²) >= 11 is 1.19. The minimum atomic E-state index is -4.36. The largest absolute Gasteiger partial charge is 0.416 e. The molecule has 1 amide bonds. The van der Waals surface area contributed by atoms with E-state index in [0.29, 0.717) is 20.8 Å². The summed E-state index contributed by atoms with van der Waals surface area (Å²) in [6.45, 7) is 0. The number of thiophene rings is 1. The minimum absolute atomic E-state index is 0.367. The fourth-order valence-corrected chi connectivity index (χ4v) is 3.25. The smallest absolute Gasteiger partial charge is 0.365 e. The first-order chi connectivity index (χ1) is 11.4. The van der Waals surface area contributed by atoms with Crippen LogP contribution < -0.4 is 5.73 Å². The van der Waals surface area contributed by atoms with Gasteiger partial charge in [-0.2, -0.15) is 13.2 Å². The lowest BCUT2D eigenvalue weighted by Crippen LogP contribution is -2.09. The van der Waals surface area contributed by atoms with Crippen LogP contribution >= 0.6 is 11.3 Å². The van der Waals surface area contributed by atoms with Gasteiger partial charge in [0.05, 0.1) is 5.56 Å². The zero-order valence-electron chi connectivity index (χ0n) is 12.2. The summed E-state index contributed by atoms with van der Waals surface area (Å²) in [5.41, 5.74) is 5.90. The highest BCUT2D eigenvalue weighted by molar-refractivity contribution is 7.20. The molecule has 0 fully saturated rings. The Hall–Kier alpha value is -2.67. The number of nitrogens with two attached hydrogens (primary N) is 1. The van der Waals surface area contributed by atoms with Gasteiger partial charge in [-0.15, -0.1) is 11.3 Å². The van der Waals surface area contributed by atoms with Crippen molar-refractivity contribution in [2.24, 2.45) is 5.73 Å². The number of pyridine rings is 1. The topological polar surface area (TPSA) is 56.0 Å². The molecule has 2 N–H and O–H groups in total. The van der Waals surface area contributed by atoms with Crippen molar-refractivity contribution in [1.29, 1.82) is 0 Å². The first-order valence-corrected chi connectivity index (χ1v) is 7.70. The van der Waals surface area contributed by atoms with Gasteiger partial charge in [-0.3, -0.25) is 4.79 Å². The summed E-state index contributed by atoms with van der Waals surface area (Å²) in [5, 5.41) is 0.777. The molecule has 3 aromatic rings. The third-order valence-corrected chi connectivity index (χ3v) is 4.55. The van der Waals surface area contributed by atoms with E-state index in [2.05, 4.69) is 4.98 Å². The van der Waals surface area contributed by atoms with Gasteiger partial charge in [-0.1, -0.05) is 24.3 Å². The molecule has 0 unspecified atom stereocenters. The highest BCUT2D eigenvalue weighted by atomic mass is 32.1. The van der Waals surface area contributed by atoms with E-state index in [4.69, 9.17) is 5.73 Å². The average Bonchev–Trinajstić information content (AvgIpc) is 2.91. The van der Waals surface area contributed by atoms with E-state index in [9.17, 15) is 18.0 Å². The van der Waals surface area contributed by atoms with Gasteiger partial charge in [0, 0.05) is 17.1 Å². The molecule has 2 aromatic heterocycles. The summed E-state index contributed by atoms with van der Waals surface area (Å²) < 4.78 is 37.7. The van der Waals surface area contributed by atoms with Crippen LogP contribution in [0.15, 0.2) is 42.6 Å². The van der Waals surface area contributed by atoms with Gasteiger partial charge in [0.2, 0.25) is 0 Å². The van der Waals surface area contributed by atoms with Gasteiger partial charge in [0.1, 0.15) is 9.71 Å². The molecule has 0 saturated carbocycles.